The third-order valence-electron chi connectivity index (χ3n) is 5.45. The van der Waals surface area contributed by atoms with Crippen LogP contribution in [0.25, 0.3) is 10.9 Å². The number of nitrogens with one attached hydrogen (secondary N) is 1. The van der Waals surface area contributed by atoms with Gasteiger partial charge in [-0.3, -0.25) is 19.2 Å². The van der Waals surface area contributed by atoms with Crippen molar-refractivity contribution in [1.82, 2.24) is 14.5 Å². The highest BCUT2D eigenvalue weighted by atomic mass is 16.3. The lowest BCUT2D eigenvalue weighted by atomic mass is 10.2. The van der Waals surface area contributed by atoms with Gasteiger partial charge in [0.25, 0.3) is 5.56 Å². The molecule has 2 aromatic carbocycles. The molecule has 8 nitrogen and oxygen atoms in total. The van der Waals surface area contributed by atoms with E-state index in [1.165, 1.54) is 10.6 Å². The molecular formula is C21H24N4O4. The predicted octanol–water partition coefficient (Wildman–Crippen LogP) is 1.31. The number of hydrogen-bond donors (Lipinski definition) is 3. The fourth-order valence-electron chi connectivity index (χ4n) is 3.94. The molecule has 1 aliphatic rings. The van der Waals surface area contributed by atoms with Crippen molar-refractivity contribution in [2.75, 3.05) is 37.6 Å². The molecule has 0 spiro atoms. The zero-order valence-electron chi connectivity index (χ0n) is 16.0. The number of hydrogen-bond acceptors (Lipinski definition) is 6. The first-order valence-electron chi connectivity index (χ1n) is 9.75. The molecule has 3 N–H and O–H groups in total. The maximum Gasteiger partial charge on any atom is 0.328 e. The minimum absolute atomic E-state index is 0.0676. The predicted molar refractivity (Wildman–Crippen MR) is 112 cm³/mol. The van der Waals surface area contributed by atoms with Crippen LogP contribution < -0.4 is 16.1 Å². The van der Waals surface area contributed by atoms with Crippen LogP contribution in [-0.4, -0.2) is 57.4 Å². The van der Waals surface area contributed by atoms with Crippen molar-refractivity contribution in [3.8, 4) is 11.5 Å². The van der Waals surface area contributed by atoms with Gasteiger partial charge in [0.15, 0.2) is 0 Å². The Morgan fingerprint density at radius 1 is 0.862 bits per heavy atom. The third kappa shape index (κ3) is 3.84. The number of benzene rings is 2. The van der Waals surface area contributed by atoms with Gasteiger partial charge in [-0.2, -0.15) is 0 Å². The minimum Gasteiger partial charge on any atom is -0.506 e. The fraction of sp³-hybridized carbons (Fsp3) is 0.333. The first-order chi connectivity index (χ1) is 14.0. The lowest BCUT2D eigenvalue weighted by Crippen LogP contribution is -2.46. The summed E-state index contributed by atoms with van der Waals surface area (Å²) in [6.07, 6.45) is 0.714. The molecule has 0 aliphatic carbocycles. The maximum atomic E-state index is 12.3. The molecule has 1 saturated heterocycles. The summed E-state index contributed by atoms with van der Waals surface area (Å²) in [6.45, 7) is 4.57. The largest absolute Gasteiger partial charge is 0.506 e. The molecular weight excluding hydrogens is 372 g/mol. The van der Waals surface area contributed by atoms with Crippen molar-refractivity contribution in [2.45, 2.75) is 13.0 Å². The summed E-state index contributed by atoms with van der Waals surface area (Å²) in [4.78, 5) is 31.1. The van der Waals surface area contributed by atoms with E-state index in [0.29, 0.717) is 24.1 Å². The average molecular weight is 396 g/mol. The standard InChI is InChI=1S/C21H24N4O4/c26-17-7-2-1-6-16(17)24-13-11-23(12-14-24)9-4-10-25-19-15(5-3-8-18(19)27)20(28)22-21(25)29/h1-3,5-8,26-27H,4,9-14H2,(H,22,28,29). The first kappa shape index (κ1) is 19.1. The lowest BCUT2D eigenvalue weighted by Gasteiger charge is -2.36. The van der Waals surface area contributed by atoms with Crippen LogP contribution in [-0.2, 0) is 6.54 Å². The van der Waals surface area contributed by atoms with Crippen LogP contribution in [0, 0.1) is 0 Å². The molecule has 29 heavy (non-hydrogen) atoms. The number of anilines is 1. The second-order valence-electron chi connectivity index (χ2n) is 7.26. The van der Waals surface area contributed by atoms with Crippen molar-refractivity contribution in [3.63, 3.8) is 0 Å². The number of rotatable bonds is 5. The Morgan fingerprint density at radius 2 is 1.59 bits per heavy atom. The molecule has 4 rings (SSSR count). The zero-order chi connectivity index (χ0) is 20.4. The number of aryl methyl sites for hydroxylation is 1. The summed E-state index contributed by atoms with van der Waals surface area (Å²) in [5, 5.41) is 20.5. The van der Waals surface area contributed by atoms with Crippen molar-refractivity contribution in [2.24, 2.45) is 0 Å². The van der Waals surface area contributed by atoms with Crippen molar-refractivity contribution in [3.05, 3.63) is 63.3 Å². The molecule has 1 aromatic heterocycles. The Morgan fingerprint density at radius 3 is 2.34 bits per heavy atom. The number of phenols is 2. The van der Waals surface area contributed by atoms with Crippen molar-refractivity contribution in [1.29, 1.82) is 0 Å². The van der Waals surface area contributed by atoms with E-state index in [2.05, 4.69) is 14.8 Å². The number of nitrogens with zero attached hydrogens (tertiary/aromatic N) is 3. The van der Waals surface area contributed by atoms with Crippen LogP contribution >= 0.6 is 0 Å². The molecule has 8 heteroatoms. The second-order valence-corrected chi connectivity index (χ2v) is 7.26. The zero-order valence-corrected chi connectivity index (χ0v) is 16.0. The smallest absolute Gasteiger partial charge is 0.328 e. The summed E-state index contributed by atoms with van der Waals surface area (Å²) >= 11 is 0. The van der Waals surface area contributed by atoms with Gasteiger partial charge in [0.1, 0.15) is 17.0 Å². The highest BCUT2D eigenvalue weighted by molar-refractivity contribution is 5.83. The van der Waals surface area contributed by atoms with Crippen LogP contribution in [0.1, 0.15) is 6.42 Å². The number of aromatic nitrogens is 2. The number of para-hydroxylation sites is 3. The van der Waals surface area contributed by atoms with E-state index in [-0.39, 0.29) is 11.3 Å². The van der Waals surface area contributed by atoms with Gasteiger partial charge in [-0.1, -0.05) is 18.2 Å². The van der Waals surface area contributed by atoms with Crippen LogP contribution in [0.15, 0.2) is 52.1 Å². The Bertz CT molecular complexity index is 1130. The van der Waals surface area contributed by atoms with Gasteiger partial charge in [0.05, 0.1) is 11.1 Å². The third-order valence-corrected chi connectivity index (χ3v) is 5.45. The average Bonchev–Trinajstić information content (AvgIpc) is 2.72. The summed E-state index contributed by atoms with van der Waals surface area (Å²) in [5.74, 6) is 0.229. The Kier molecular flexibility index (Phi) is 5.26. The molecule has 3 aromatic rings. The van der Waals surface area contributed by atoms with Gasteiger partial charge in [0.2, 0.25) is 0 Å². The monoisotopic (exact) mass is 396 g/mol. The van der Waals surface area contributed by atoms with E-state index in [4.69, 9.17) is 0 Å². The van der Waals surface area contributed by atoms with Crippen molar-refractivity contribution >= 4 is 16.6 Å². The fourth-order valence-corrected chi connectivity index (χ4v) is 3.94. The van der Waals surface area contributed by atoms with E-state index in [1.807, 2.05) is 18.2 Å². The molecule has 1 fully saturated rings. The summed E-state index contributed by atoms with van der Waals surface area (Å²) < 4.78 is 1.43. The molecule has 0 amide bonds. The Hall–Kier alpha value is -3.26. The van der Waals surface area contributed by atoms with E-state index in [1.54, 1.807) is 18.2 Å². The normalized spacial score (nSPS) is 15.1. The molecule has 0 bridgehead atoms. The summed E-state index contributed by atoms with van der Waals surface area (Å²) in [6, 6.07) is 12.0. The molecule has 0 radical (unpaired) electrons. The molecule has 2 heterocycles. The van der Waals surface area contributed by atoms with E-state index < -0.39 is 11.2 Å². The van der Waals surface area contributed by atoms with Crippen LogP contribution in [0.3, 0.4) is 0 Å². The summed E-state index contributed by atoms with van der Waals surface area (Å²) in [7, 11) is 0. The first-order valence-corrected chi connectivity index (χ1v) is 9.75. The van der Waals surface area contributed by atoms with Crippen molar-refractivity contribution < 1.29 is 10.2 Å². The van der Waals surface area contributed by atoms with Crippen LogP contribution in [0.5, 0.6) is 11.5 Å². The van der Waals surface area contributed by atoms with Gasteiger partial charge >= 0.3 is 5.69 Å². The number of aromatic amines is 1. The number of phenolic OH excluding ortho intramolecular Hbond substituents is 2. The topological polar surface area (TPSA) is 102 Å². The molecule has 1 aliphatic heterocycles. The number of fused-ring (bicyclic) bond motifs is 1. The number of piperazine rings is 1. The van der Waals surface area contributed by atoms with Gasteiger partial charge in [-0.25, -0.2) is 4.79 Å². The van der Waals surface area contributed by atoms with Crippen LogP contribution in [0.4, 0.5) is 5.69 Å². The molecule has 152 valence electrons. The van der Waals surface area contributed by atoms with Gasteiger partial charge in [-0.05, 0) is 37.2 Å². The molecule has 0 saturated carbocycles. The Labute approximate surface area is 167 Å². The van der Waals surface area contributed by atoms with Gasteiger partial charge in [-0.15, -0.1) is 0 Å². The van der Waals surface area contributed by atoms with E-state index >= 15 is 0 Å². The van der Waals surface area contributed by atoms with Gasteiger partial charge < -0.3 is 15.1 Å². The highest BCUT2D eigenvalue weighted by Gasteiger charge is 2.19. The Balaban J connectivity index is 1.39. The number of aromatic hydroxyl groups is 2. The van der Waals surface area contributed by atoms with Crippen LogP contribution in [0.2, 0.25) is 0 Å². The lowest BCUT2D eigenvalue weighted by molar-refractivity contribution is 0.249. The minimum atomic E-state index is -0.506. The second kappa shape index (κ2) is 8.00. The SMILES string of the molecule is O=c1[nH]c(=O)n(CCCN2CCN(c3ccccc3O)CC2)c2c(O)cccc12. The molecule has 0 unspecified atom stereocenters. The summed E-state index contributed by atoms with van der Waals surface area (Å²) in [5.41, 5.74) is 0.144. The quantitative estimate of drug-likeness (QED) is 0.601. The van der Waals surface area contributed by atoms with Gasteiger partial charge in [0, 0.05) is 32.7 Å². The van der Waals surface area contributed by atoms with E-state index in [0.717, 1.165) is 38.4 Å². The maximum absolute atomic E-state index is 12.3. The number of H-pyrrole nitrogens is 1. The molecule has 0 atom stereocenters. The van der Waals surface area contributed by atoms with E-state index in [9.17, 15) is 19.8 Å². The highest BCUT2D eigenvalue weighted by Crippen LogP contribution is 2.27.